The van der Waals surface area contributed by atoms with Crippen LogP contribution in [0.3, 0.4) is 0 Å². The zero-order valence-electron chi connectivity index (χ0n) is 42.2. The van der Waals surface area contributed by atoms with Gasteiger partial charge in [-0.05, 0) is 172 Å². The number of carbonyl (C=O) groups is 2. The first-order chi connectivity index (χ1) is 27.2. The van der Waals surface area contributed by atoms with Crippen molar-refractivity contribution in [2.24, 2.45) is 69.0 Å². The maximum atomic E-state index is 12.2. The summed E-state index contributed by atoms with van der Waals surface area (Å²) in [6, 6.07) is -0.207. The van der Waals surface area contributed by atoms with Crippen LogP contribution in [0.1, 0.15) is 164 Å². The Labute approximate surface area is 299 Å². The van der Waals surface area contributed by atoms with E-state index in [0.717, 1.165) is 12.8 Å². The van der Waals surface area contributed by atoms with E-state index in [2.05, 4.69) is 13.8 Å². The lowest BCUT2D eigenvalue weighted by Gasteiger charge is -2.59. The summed E-state index contributed by atoms with van der Waals surface area (Å²) in [7, 11) is 0. The van der Waals surface area contributed by atoms with Gasteiger partial charge in [0.1, 0.15) is 0 Å². The summed E-state index contributed by atoms with van der Waals surface area (Å²) in [5.74, 6) is -2.25. The van der Waals surface area contributed by atoms with Crippen molar-refractivity contribution in [1.82, 2.24) is 0 Å². The standard InChI is InChI=1S/2C21H32O2/c2*1-13-11-18-16-6-5-14-12-15(22)7-9-19(14,2)17(16)8-10-20(18,3)21(13,4)23/h2*12-13,16-18,23H,5-11H2,1-4H3/t2*13?,16-,17+,18+,19+,20+,21+/m11/s1/i2D3,5D,12D;2D3,3D3,4D3/t5?,13?,16-,17+,18+,19+,20+,21+;m. The molecular weight excluding hydrogens is 568 g/mol. The molecule has 0 spiro atoms. The van der Waals surface area contributed by atoms with Crippen LogP contribution in [0.5, 0.6) is 0 Å². The van der Waals surface area contributed by atoms with Crippen molar-refractivity contribution in [3.8, 4) is 0 Å². The Kier molecular flexibility index (Phi) is 4.71. The van der Waals surface area contributed by atoms with E-state index < -0.39 is 73.1 Å². The molecule has 46 heavy (non-hydrogen) atoms. The number of allylic oxidation sites excluding steroid dienone is 2. The fourth-order valence-corrected chi connectivity index (χ4v) is 12.6. The first-order valence-electron chi connectivity index (χ1n) is 25.2. The molecule has 4 nitrogen and oxygen atoms in total. The van der Waals surface area contributed by atoms with E-state index >= 15 is 0 Å². The minimum absolute atomic E-state index is 0.0443. The summed E-state index contributed by atoms with van der Waals surface area (Å²) >= 11 is 0. The second-order valence-electron chi connectivity index (χ2n) is 17.4. The van der Waals surface area contributed by atoms with Crippen molar-refractivity contribution in [1.29, 1.82) is 0 Å². The quantitative estimate of drug-likeness (QED) is 0.275. The Hall–Kier alpha value is -1.26. The monoisotopic (exact) mass is 647 g/mol. The number of rotatable bonds is 0. The molecule has 6 fully saturated rings. The largest absolute Gasteiger partial charge is 0.389 e. The predicted octanol–water partition coefficient (Wildman–Crippen LogP) is 9.03. The lowest BCUT2D eigenvalue weighted by molar-refractivity contribution is -0.130. The van der Waals surface area contributed by atoms with Gasteiger partial charge in [-0.2, -0.15) is 0 Å². The van der Waals surface area contributed by atoms with Crippen LogP contribution >= 0.6 is 0 Å². The summed E-state index contributed by atoms with van der Waals surface area (Å²) in [6.07, 6.45) is 5.42. The topological polar surface area (TPSA) is 74.6 Å². The highest BCUT2D eigenvalue weighted by Gasteiger charge is 2.66. The van der Waals surface area contributed by atoms with E-state index in [1.165, 1.54) is 6.08 Å². The zero-order chi connectivity index (χ0) is 45.0. The van der Waals surface area contributed by atoms with E-state index in [1.807, 2.05) is 6.92 Å². The third kappa shape index (κ3) is 4.36. The number of hydrogen-bond donors (Lipinski definition) is 2. The molecule has 3 unspecified atom stereocenters. The Morgan fingerprint density at radius 3 is 1.93 bits per heavy atom. The molecular formula is C42H64O4. The fourth-order valence-electron chi connectivity index (χ4n) is 12.6. The van der Waals surface area contributed by atoms with Gasteiger partial charge >= 0.3 is 0 Å². The summed E-state index contributed by atoms with van der Waals surface area (Å²) in [4.78, 5) is 24.4. The molecule has 0 radical (unpaired) electrons. The van der Waals surface area contributed by atoms with Gasteiger partial charge in [-0.3, -0.25) is 9.59 Å². The second kappa shape index (κ2) is 10.6. The maximum Gasteiger partial charge on any atom is 0.155 e. The molecule has 8 aliphatic rings. The molecule has 0 aromatic carbocycles. The highest BCUT2D eigenvalue weighted by Crippen LogP contribution is 2.70. The first-order valence-corrected chi connectivity index (χ1v) is 18.1. The minimum atomic E-state index is -2.87. The molecule has 0 bridgehead atoms. The molecule has 2 N–H and O–H groups in total. The molecule has 4 heteroatoms. The SMILES string of the molecule is [2H]C([2H])([2H])[C@]1(O)C(C)C[C@H]2[C@@H]3CCC4=CC(=O)CC[C@]4(C([2H])([2H])[2H])[C@H]3CC[C@@]21C([2H])([2H])[2H].[2H]C1=C2C([2H])C[C@H]3[C@@H]4CC(C)[C@](C)(O)[C@@]4(C)CC[C@@H]3[C@@]2(C([2H])([2H])[2H])CCC1=O. The minimum Gasteiger partial charge on any atom is -0.389 e. The second-order valence-corrected chi connectivity index (χ2v) is 17.4. The van der Waals surface area contributed by atoms with Crippen LogP contribution in [-0.4, -0.2) is 33.0 Å². The number of aliphatic hydroxyl groups is 2. The predicted molar refractivity (Wildman–Crippen MR) is 184 cm³/mol. The smallest absolute Gasteiger partial charge is 0.155 e. The molecule has 0 aromatic rings. The van der Waals surface area contributed by atoms with Gasteiger partial charge in [0.25, 0.3) is 0 Å². The Morgan fingerprint density at radius 1 is 0.696 bits per heavy atom. The van der Waals surface area contributed by atoms with Crippen LogP contribution in [0.2, 0.25) is 0 Å². The molecule has 0 saturated heterocycles. The van der Waals surface area contributed by atoms with Gasteiger partial charge in [-0.1, -0.05) is 52.5 Å². The van der Waals surface area contributed by atoms with Crippen LogP contribution in [0, 0.1) is 69.0 Å². The van der Waals surface area contributed by atoms with Crippen LogP contribution < -0.4 is 0 Å². The Bertz CT molecular complexity index is 1850. The van der Waals surface area contributed by atoms with Crippen molar-refractivity contribution >= 4 is 11.6 Å². The average Bonchev–Trinajstić information content (AvgIpc) is 3.48. The molecule has 256 valence electrons. The number of carbonyl (C=O) groups excluding carboxylic acids is 2. The maximum absolute atomic E-state index is 12.2. The zero-order valence-corrected chi connectivity index (χ0v) is 28.2. The van der Waals surface area contributed by atoms with E-state index in [4.69, 9.17) is 19.2 Å². The molecule has 8 aliphatic carbocycles. The van der Waals surface area contributed by atoms with Gasteiger partial charge in [-0.25, -0.2) is 0 Å². The van der Waals surface area contributed by atoms with Gasteiger partial charge in [0, 0.05) is 30.7 Å². The highest BCUT2D eigenvalue weighted by atomic mass is 16.3. The molecule has 6 saturated carbocycles. The molecule has 15 atom stereocenters. The van der Waals surface area contributed by atoms with Gasteiger partial charge in [-0.15, -0.1) is 0 Å². The van der Waals surface area contributed by atoms with Crippen molar-refractivity contribution < 1.29 is 39.0 Å². The van der Waals surface area contributed by atoms with E-state index in [-0.39, 0.29) is 109 Å². The van der Waals surface area contributed by atoms with Crippen molar-refractivity contribution in [3.05, 3.63) is 23.3 Å². The van der Waals surface area contributed by atoms with Crippen molar-refractivity contribution in [2.75, 3.05) is 0 Å². The van der Waals surface area contributed by atoms with Gasteiger partial charge in [0.15, 0.2) is 11.6 Å². The lowest BCUT2D eigenvalue weighted by atomic mass is 9.46. The van der Waals surface area contributed by atoms with E-state index in [0.29, 0.717) is 31.3 Å². The van der Waals surface area contributed by atoms with Crippen LogP contribution in [0.15, 0.2) is 23.3 Å². The van der Waals surface area contributed by atoms with Crippen molar-refractivity contribution in [3.63, 3.8) is 0 Å². The Balaban J connectivity index is 0.000000183. The van der Waals surface area contributed by atoms with E-state index in [9.17, 15) is 19.8 Å². The molecule has 8 rings (SSSR count). The summed E-state index contributed by atoms with van der Waals surface area (Å²) in [5.41, 5.74) is -6.74. The van der Waals surface area contributed by atoms with Gasteiger partial charge in [0.05, 0.1) is 12.6 Å². The van der Waals surface area contributed by atoms with Crippen molar-refractivity contribution in [2.45, 2.75) is 156 Å². The summed E-state index contributed by atoms with van der Waals surface area (Å²) in [6.45, 7) is -2.52. The highest BCUT2D eigenvalue weighted by molar-refractivity contribution is 5.92. The van der Waals surface area contributed by atoms with E-state index in [1.54, 1.807) is 6.92 Å². The average molecular weight is 647 g/mol. The molecule has 0 aromatic heterocycles. The third-order valence-electron chi connectivity index (χ3n) is 15.8. The van der Waals surface area contributed by atoms with Gasteiger partial charge in [0.2, 0.25) is 0 Å². The fraction of sp³-hybridized carbons (Fsp3) is 0.857. The Morgan fingerprint density at radius 2 is 1.28 bits per heavy atom. The van der Waals surface area contributed by atoms with Gasteiger partial charge < -0.3 is 10.2 Å². The lowest BCUT2D eigenvalue weighted by Crippen LogP contribution is -2.54. The normalized spacial score (nSPS) is 63.1. The summed E-state index contributed by atoms with van der Waals surface area (Å²) in [5, 5.41) is 22.9. The van der Waals surface area contributed by atoms with Crippen LogP contribution in [0.4, 0.5) is 0 Å². The first kappa shape index (κ1) is 20.4. The number of ketones is 2. The summed E-state index contributed by atoms with van der Waals surface area (Å²) < 4.78 is 117. The third-order valence-corrected chi connectivity index (χ3v) is 15.8. The van der Waals surface area contributed by atoms with Crippen LogP contribution in [0.25, 0.3) is 0 Å². The molecule has 0 amide bonds. The van der Waals surface area contributed by atoms with Crippen LogP contribution in [-0.2, 0) is 9.59 Å². The molecule has 0 aliphatic heterocycles. The number of hydrogen-bond acceptors (Lipinski definition) is 4. The molecule has 0 heterocycles. The number of fused-ring (bicyclic) bond motifs is 10.